The molecule has 1 rings (SSSR count). The van der Waals surface area contributed by atoms with Crippen molar-refractivity contribution >= 4 is 17.5 Å². The predicted octanol–water partition coefficient (Wildman–Crippen LogP) is 1.19. The molecule has 0 unspecified atom stereocenters. The van der Waals surface area contributed by atoms with Crippen LogP contribution in [-0.4, -0.2) is 22.7 Å². The highest BCUT2D eigenvalue weighted by Crippen LogP contribution is 2.18. The maximum atomic E-state index is 10.8. The topological polar surface area (TPSA) is 52.1 Å². The first kappa shape index (κ1) is 10.7. The first-order chi connectivity index (χ1) is 6.65. The van der Waals surface area contributed by atoms with Crippen molar-refractivity contribution in [3.63, 3.8) is 0 Å². The van der Waals surface area contributed by atoms with Gasteiger partial charge in [0, 0.05) is 5.92 Å². The van der Waals surface area contributed by atoms with E-state index >= 15 is 0 Å². The molecule has 0 radical (unpaired) electrons. The second kappa shape index (κ2) is 4.72. The maximum absolute atomic E-state index is 10.8. The molecule has 1 heterocycles. The van der Waals surface area contributed by atoms with Crippen molar-refractivity contribution in [3.8, 4) is 11.8 Å². The molecule has 0 aliphatic rings. The average molecular weight is 210 g/mol. The SMILES string of the molecule is COC(=O)C#Cc1snnc1C(C)C. The Kier molecular flexibility index (Phi) is 3.60. The third kappa shape index (κ3) is 2.54. The van der Waals surface area contributed by atoms with Gasteiger partial charge >= 0.3 is 5.97 Å². The fourth-order valence-corrected chi connectivity index (χ4v) is 1.50. The molecule has 0 bridgehead atoms. The number of methoxy groups -OCH3 is 1. The maximum Gasteiger partial charge on any atom is 0.384 e. The van der Waals surface area contributed by atoms with Crippen LogP contribution in [0.25, 0.3) is 0 Å². The molecule has 0 aromatic carbocycles. The lowest BCUT2D eigenvalue weighted by molar-refractivity contribution is -0.133. The zero-order valence-corrected chi connectivity index (χ0v) is 9.01. The summed E-state index contributed by atoms with van der Waals surface area (Å²) in [5.74, 6) is 4.76. The van der Waals surface area contributed by atoms with Crippen LogP contribution in [0, 0.1) is 11.8 Å². The van der Waals surface area contributed by atoms with Crippen molar-refractivity contribution in [2.45, 2.75) is 19.8 Å². The van der Waals surface area contributed by atoms with Crippen LogP contribution in [0.3, 0.4) is 0 Å². The minimum absolute atomic E-state index is 0.260. The molecule has 0 spiro atoms. The molecule has 14 heavy (non-hydrogen) atoms. The molecule has 74 valence electrons. The van der Waals surface area contributed by atoms with Gasteiger partial charge in [0.1, 0.15) is 4.88 Å². The predicted molar refractivity (Wildman–Crippen MR) is 52.9 cm³/mol. The fraction of sp³-hybridized carbons (Fsp3) is 0.444. The Balaban J connectivity index is 2.89. The second-order valence-corrected chi connectivity index (χ2v) is 3.64. The number of hydrogen-bond acceptors (Lipinski definition) is 5. The number of hydrogen-bond donors (Lipinski definition) is 0. The van der Waals surface area contributed by atoms with E-state index in [1.54, 1.807) is 0 Å². The fourth-order valence-electron chi connectivity index (χ4n) is 0.821. The first-order valence-electron chi connectivity index (χ1n) is 4.07. The van der Waals surface area contributed by atoms with Gasteiger partial charge in [-0.3, -0.25) is 0 Å². The summed E-state index contributed by atoms with van der Waals surface area (Å²) in [6.45, 7) is 4.00. The minimum Gasteiger partial charge on any atom is -0.459 e. The zero-order valence-electron chi connectivity index (χ0n) is 8.20. The van der Waals surface area contributed by atoms with Crippen molar-refractivity contribution in [2.24, 2.45) is 0 Å². The van der Waals surface area contributed by atoms with Gasteiger partial charge in [0.15, 0.2) is 0 Å². The number of aromatic nitrogens is 2. The van der Waals surface area contributed by atoms with E-state index in [0.29, 0.717) is 0 Å². The molecule has 0 saturated heterocycles. The van der Waals surface area contributed by atoms with Crippen LogP contribution in [0.2, 0.25) is 0 Å². The molecule has 0 aliphatic carbocycles. The summed E-state index contributed by atoms with van der Waals surface area (Å²) in [5.41, 5.74) is 0.825. The van der Waals surface area contributed by atoms with Crippen molar-refractivity contribution in [3.05, 3.63) is 10.6 Å². The average Bonchev–Trinajstić information content (AvgIpc) is 2.62. The Labute approximate surface area is 86.4 Å². The largest absolute Gasteiger partial charge is 0.459 e. The summed E-state index contributed by atoms with van der Waals surface area (Å²) in [4.78, 5) is 11.5. The molecule has 0 saturated carbocycles. The van der Waals surface area contributed by atoms with E-state index in [4.69, 9.17) is 0 Å². The Morgan fingerprint density at radius 3 is 2.86 bits per heavy atom. The number of carbonyl (C=O) groups is 1. The van der Waals surface area contributed by atoms with Crippen molar-refractivity contribution in [1.29, 1.82) is 0 Å². The molecule has 0 fully saturated rings. The van der Waals surface area contributed by atoms with E-state index < -0.39 is 5.97 Å². The highest BCUT2D eigenvalue weighted by atomic mass is 32.1. The summed E-state index contributed by atoms with van der Waals surface area (Å²) in [6, 6.07) is 0. The van der Waals surface area contributed by atoms with Gasteiger partial charge in [0.05, 0.1) is 12.8 Å². The number of rotatable bonds is 1. The number of carbonyl (C=O) groups excluding carboxylic acids is 1. The van der Waals surface area contributed by atoms with Gasteiger partial charge in [-0.05, 0) is 23.4 Å². The molecule has 4 nitrogen and oxygen atoms in total. The highest BCUT2D eigenvalue weighted by Gasteiger charge is 2.09. The summed E-state index contributed by atoms with van der Waals surface area (Å²) in [7, 11) is 1.30. The van der Waals surface area contributed by atoms with Crippen LogP contribution in [0.5, 0.6) is 0 Å². The van der Waals surface area contributed by atoms with Gasteiger partial charge in [-0.15, -0.1) is 5.10 Å². The van der Waals surface area contributed by atoms with Gasteiger partial charge in [-0.2, -0.15) is 0 Å². The van der Waals surface area contributed by atoms with E-state index in [2.05, 4.69) is 26.2 Å². The third-order valence-corrected chi connectivity index (χ3v) is 2.18. The van der Waals surface area contributed by atoms with E-state index in [0.717, 1.165) is 10.6 Å². The smallest absolute Gasteiger partial charge is 0.384 e. The van der Waals surface area contributed by atoms with E-state index in [9.17, 15) is 4.79 Å². The van der Waals surface area contributed by atoms with E-state index in [1.165, 1.54) is 18.6 Å². The van der Waals surface area contributed by atoms with Gasteiger partial charge in [0.25, 0.3) is 0 Å². The summed E-state index contributed by atoms with van der Waals surface area (Å²) in [6.07, 6.45) is 0. The van der Waals surface area contributed by atoms with Crippen LogP contribution < -0.4 is 0 Å². The lowest BCUT2D eigenvalue weighted by Crippen LogP contribution is -1.95. The van der Waals surface area contributed by atoms with Crippen LogP contribution in [0.4, 0.5) is 0 Å². The number of nitrogens with zero attached hydrogens (tertiary/aromatic N) is 2. The van der Waals surface area contributed by atoms with Crippen molar-refractivity contribution < 1.29 is 9.53 Å². The van der Waals surface area contributed by atoms with Gasteiger partial charge in [0.2, 0.25) is 0 Å². The summed E-state index contributed by atoms with van der Waals surface area (Å²) in [5, 5.41) is 3.93. The zero-order chi connectivity index (χ0) is 10.6. The monoisotopic (exact) mass is 210 g/mol. The summed E-state index contributed by atoms with van der Waals surface area (Å²) < 4.78 is 8.18. The Hall–Kier alpha value is -1.41. The number of esters is 1. The minimum atomic E-state index is -0.548. The van der Waals surface area contributed by atoms with Gasteiger partial charge < -0.3 is 4.74 Å². The van der Waals surface area contributed by atoms with Crippen LogP contribution in [-0.2, 0) is 9.53 Å². The lowest BCUT2D eigenvalue weighted by atomic mass is 10.1. The first-order valence-corrected chi connectivity index (χ1v) is 4.84. The standard InChI is InChI=1S/C9H10N2O2S/c1-6(2)9-7(14-11-10-9)4-5-8(12)13-3/h6H,1-3H3. The molecule has 5 heteroatoms. The molecule has 0 amide bonds. The molecular formula is C9H10N2O2S. The molecule has 0 atom stereocenters. The summed E-state index contributed by atoms with van der Waals surface area (Å²) >= 11 is 1.19. The molecular weight excluding hydrogens is 200 g/mol. The molecule has 0 N–H and O–H groups in total. The van der Waals surface area contributed by atoms with Crippen molar-refractivity contribution in [1.82, 2.24) is 9.59 Å². The van der Waals surface area contributed by atoms with E-state index in [1.807, 2.05) is 13.8 Å². The van der Waals surface area contributed by atoms with Crippen LogP contribution in [0.15, 0.2) is 0 Å². The Bertz CT molecular complexity index is 387. The Morgan fingerprint density at radius 2 is 2.29 bits per heavy atom. The highest BCUT2D eigenvalue weighted by molar-refractivity contribution is 7.06. The number of ether oxygens (including phenoxy) is 1. The van der Waals surface area contributed by atoms with Gasteiger partial charge in [-0.1, -0.05) is 18.3 Å². The quantitative estimate of drug-likeness (QED) is 0.516. The Morgan fingerprint density at radius 1 is 1.57 bits per heavy atom. The van der Waals surface area contributed by atoms with Gasteiger partial charge in [-0.25, -0.2) is 4.79 Å². The molecule has 1 aromatic heterocycles. The van der Waals surface area contributed by atoms with Crippen molar-refractivity contribution in [2.75, 3.05) is 7.11 Å². The normalized spacial score (nSPS) is 9.43. The molecule has 0 aliphatic heterocycles. The van der Waals surface area contributed by atoms with Crippen LogP contribution in [0.1, 0.15) is 30.3 Å². The second-order valence-electron chi connectivity index (χ2n) is 2.88. The van der Waals surface area contributed by atoms with E-state index in [-0.39, 0.29) is 5.92 Å². The third-order valence-electron chi connectivity index (χ3n) is 1.52. The molecule has 1 aromatic rings. The lowest BCUT2D eigenvalue weighted by Gasteiger charge is -1.96. The van der Waals surface area contributed by atoms with Crippen LogP contribution >= 0.6 is 11.5 Å².